The number of carbonyl (C=O) groups is 1. The van der Waals surface area contributed by atoms with Crippen LogP contribution in [0, 0.1) is 5.21 Å². The molecule has 9 heteroatoms. The van der Waals surface area contributed by atoms with Gasteiger partial charge in [-0.2, -0.15) is 4.73 Å². The predicted molar refractivity (Wildman–Crippen MR) is 112 cm³/mol. The quantitative estimate of drug-likeness (QED) is 0.477. The number of aryl methyl sites for hydroxylation is 1. The van der Waals surface area contributed by atoms with E-state index in [0.29, 0.717) is 40.0 Å². The van der Waals surface area contributed by atoms with Gasteiger partial charge in [0.2, 0.25) is 6.20 Å². The normalized spacial score (nSPS) is 18.6. The number of benzene rings is 1. The lowest BCUT2D eigenvalue weighted by Gasteiger charge is -2.26. The number of aromatic nitrogens is 2. The minimum absolute atomic E-state index is 0.0592. The van der Waals surface area contributed by atoms with Crippen LogP contribution in [0.15, 0.2) is 41.6 Å². The molecule has 0 radical (unpaired) electrons. The van der Waals surface area contributed by atoms with E-state index in [1.54, 1.807) is 12.1 Å². The maximum atomic E-state index is 12.5. The van der Waals surface area contributed by atoms with E-state index >= 15 is 0 Å². The number of fused-ring (bicyclic) bond motifs is 3. The number of aliphatic carboxylic acids is 1. The monoisotopic (exact) mass is 448 g/mol. The van der Waals surface area contributed by atoms with Crippen molar-refractivity contribution in [3.8, 4) is 0 Å². The number of halogens is 1. The van der Waals surface area contributed by atoms with Crippen molar-refractivity contribution >= 4 is 38.3 Å². The van der Waals surface area contributed by atoms with Crippen molar-refractivity contribution in [1.29, 1.82) is 0 Å². The summed E-state index contributed by atoms with van der Waals surface area (Å²) in [5.74, 6) is -0.920. The van der Waals surface area contributed by atoms with Gasteiger partial charge in [0.25, 0.3) is 0 Å². The Bertz CT molecular complexity index is 1280. The first kappa shape index (κ1) is 20.7. The van der Waals surface area contributed by atoms with Crippen molar-refractivity contribution in [3.63, 3.8) is 0 Å². The zero-order chi connectivity index (χ0) is 21.8. The smallest absolute Gasteiger partial charge is 0.304 e. The van der Waals surface area contributed by atoms with Crippen LogP contribution >= 0.6 is 11.6 Å². The first-order valence-electron chi connectivity index (χ1n) is 9.44. The number of hydrogen-bond donors (Lipinski definition) is 1. The van der Waals surface area contributed by atoms with Gasteiger partial charge in [0.1, 0.15) is 0 Å². The van der Waals surface area contributed by atoms with Crippen molar-refractivity contribution in [3.05, 3.63) is 63.7 Å². The molecule has 1 aromatic carbocycles. The van der Waals surface area contributed by atoms with Crippen LogP contribution in [-0.4, -0.2) is 30.3 Å². The highest BCUT2D eigenvalue weighted by molar-refractivity contribution is 7.91. The van der Waals surface area contributed by atoms with Crippen molar-refractivity contribution in [2.24, 2.45) is 0 Å². The zero-order valence-corrected chi connectivity index (χ0v) is 18.1. The van der Waals surface area contributed by atoms with Crippen LogP contribution in [0.5, 0.6) is 0 Å². The number of rotatable bonds is 5. The van der Waals surface area contributed by atoms with Gasteiger partial charge in [-0.15, -0.1) is 0 Å². The second-order valence-corrected chi connectivity index (χ2v) is 10.6. The SMILES string of the molecule is CC1(CC(=O)O)CCc2c1n(Cc1ccc(Cl)cc1)c1c(S(C)(=O)=O)c[n+]([O-])cc21. The number of carboxylic acids is 1. The third-order valence-corrected chi connectivity index (χ3v) is 7.18. The number of nitrogens with zero attached hydrogens (tertiary/aromatic N) is 2. The second kappa shape index (κ2) is 6.99. The molecule has 2 heterocycles. The highest BCUT2D eigenvalue weighted by Crippen LogP contribution is 2.47. The molecule has 1 aliphatic rings. The summed E-state index contributed by atoms with van der Waals surface area (Å²) < 4.78 is 27.5. The first-order valence-corrected chi connectivity index (χ1v) is 11.7. The summed E-state index contributed by atoms with van der Waals surface area (Å²) >= 11 is 6.00. The molecule has 1 unspecified atom stereocenters. The molecular weight excluding hydrogens is 428 g/mol. The average Bonchev–Trinajstić information content (AvgIpc) is 3.11. The van der Waals surface area contributed by atoms with Gasteiger partial charge in [0, 0.05) is 28.9 Å². The molecule has 0 fully saturated rings. The Kier molecular flexibility index (Phi) is 4.82. The Labute approximate surface area is 179 Å². The van der Waals surface area contributed by atoms with Gasteiger partial charge >= 0.3 is 5.97 Å². The third-order valence-electron chi connectivity index (χ3n) is 5.83. The molecule has 1 aliphatic carbocycles. The molecule has 0 amide bonds. The van der Waals surface area contributed by atoms with E-state index in [2.05, 4.69) is 0 Å². The summed E-state index contributed by atoms with van der Waals surface area (Å²) in [6.07, 6.45) is 4.64. The Morgan fingerprint density at radius 2 is 1.97 bits per heavy atom. The number of sulfone groups is 1. The van der Waals surface area contributed by atoms with Crippen LogP contribution < -0.4 is 4.73 Å². The van der Waals surface area contributed by atoms with Crippen molar-refractivity contribution in [2.75, 3.05) is 6.26 Å². The maximum absolute atomic E-state index is 12.5. The molecule has 0 saturated heterocycles. The molecule has 0 saturated carbocycles. The summed E-state index contributed by atoms with van der Waals surface area (Å²) in [5.41, 5.74) is 2.29. The highest BCUT2D eigenvalue weighted by atomic mass is 35.5. The molecule has 0 bridgehead atoms. The fourth-order valence-electron chi connectivity index (χ4n) is 4.61. The Hall–Kier alpha value is -2.58. The summed E-state index contributed by atoms with van der Waals surface area (Å²) in [6, 6.07) is 7.20. The third kappa shape index (κ3) is 3.44. The van der Waals surface area contributed by atoms with E-state index in [4.69, 9.17) is 11.6 Å². The Morgan fingerprint density at radius 3 is 2.57 bits per heavy atom. The Balaban J connectivity index is 2.07. The summed E-state index contributed by atoms with van der Waals surface area (Å²) in [4.78, 5) is 11.5. The van der Waals surface area contributed by atoms with Crippen molar-refractivity contribution in [2.45, 2.75) is 43.0 Å². The number of carboxylic acid groups (broad SMARTS) is 1. The standard InChI is InChI=1S/C21H21ClN2O5S/c1-21(9-18(25)26)8-7-15-16-11-23(27)12-17(30(2,28)29)19(16)24(20(15)21)10-13-3-5-14(22)6-4-13/h3-6,11-12H,7-10H2,1-2H3,(H,25,26). The van der Waals surface area contributed by atoms with E-state index in [0.717, 1.165) is 29.3 Å². The van der Waals surface area contributed by atoms with E-state index < -0.39 is 21.2 Å². The van der Waals surface area contributed by atoms with E-state index in [1.807, 2.05) is 23.6 Å². The molecule has 1 atom stereocenters. The highest BCUT2D eigenvalue weighted by Gasteiger charge is 2.42. The van der Waals surface area contributed by atoms with Gasteiger partial charge in [-0.3, -0.25) is 4.79 Å². The van der Waals surface area contributed by atoms with Crippen LogP contribution in [0.1, 0.15) is 36.6 Å². The van der Waals surface area contributed by atoms with Gasteiger partial charge in [0.15, 0.2) is 20.9 Å². The van der Waals surface area contributed by atoms with Crippen LogP contribution in [0.25, 0.3) is 10.9 Å². The van der Waals surface area contributed by atoms with Crippen LogP contribution in [0.3, 0.4) is 0 Å². The molecule has 4 rings (SSSR count). The molecule has 158 valence electrons. The average molecular weight is 449 g/mol. The molecule has 3 aromatic rings. The summed E-state index contributed by atoms with van der Waals surface area (Å²) in [5, 5.41) is 22.9. The van der Waals surface area contributed by atoms with Gasteiger partial charge in [0.05, 0.1) is 17.3 Å². The van der Waals surface area contributed by atoms with Crippen LogP contribution in [-0.2, 0) is 33.0 Å². The summed E-state index contributed by atoms with van der Waals surface area (Å²) in [7, 11) is -3.70. The summed E-state index contributed by atoms with van der Waals surface area (Å²) in [6.45, 7) is 2.22. The minimum Gasteiger partial charge on any atom is -0.619 e. The lowest BCUT2D eigenvalue weighted by molar-refractivity contribution is -0.605. The van der Waals surface area contributed by atoms with Crippen molar-refractivity contribution in [1.82, 2.24) is 4.57 Å². The Morgan fingerprint density at radius 1 is 1.30 bits per heavy atom. The van der Waals surface area contributed by atoms with Gasteiger partial charge < -0.3 is 14.9 Å². The van der Waals surface area contributed by atoms with E-state index in [9.17, 15) is 23.5 Å². The lowest BCUT2D eigenvalue weighted by atomic mass is 9.84. The molecule has 2 aromatic heterocycles. The number of pyridine rings is 1. The number of hydrogen-bond acceptors (Lipinski definition) is 4. The van der Waals surface area contributed by atoms with Gasteiger partial charge in [-0.25, -0.2) is 8.42 Å². The second-order valence-electron chi connectivity index (χ2n) is 8.19. The van der Waals surface area contributed by atoms with E-state index in [1.165, 1.54) is 6.20 Å². The molecule has 30 heavy (non-hydrogen) atoms. The molecule has 1 N–H and O–H groups in total. The lowest BCUT2D eigenvalue weighted by Crippen LogP contribution is -2.28. The topological polar surface area (TPSA) is 103 Å². The molecular formula is C21H21ClN2O5S. The molecule has 0 spiro atoms. The fraction of sp³-hybridized carbons (Fsp3) is 0.333. The first-order chi connectivity index (χ1) is 14.0. The zero-order valence-electron chi connectivity index (χ0n) is 16.6. The van der Waals surface area contributed by atoms with Crippen LogP contribution in [0.4, 0.5) is 0 Å². The maximum Gasteiger partial charge on any atom is 0.304 e. The minimum atomic E-state index is -3.70. The van der Waals surface area contributed by atoms with E-state index in [-0.39, 0.29) is 11.3 Å². The largest absolute Gasteiger partial charge is 0.619 e. The van der Waals surface area contributed by atoms with Crippen LogP contribution in [0.2, 0.25) is 5.02 Å². The predicted octanol–water partition coefficient (Wildman–Crippen LogP) is 3.06. The molecule has 0 aliphatic heterocycles. The molecule has 7 nitrogen and oxygen atoms in total. The van der Waals surface area contributed by atoms with Crippen molar-refractivity contribution < 1.29 is 23.0 Å². The van der Waals surface area contributed by atoms with Gasteiger partial charge in [-0.1, -0.05) is 30.7 Å². The fourth-order valence-corrected chi connectivity index (χ4v) is 5.60. The van der Waals surface area contributed by atoms with Gasteiger partial charge in [-0.05, 0) is 36.1 Å².